The van der Waals surface area contributed by atoms with Gasteiger partial charge in [-0.1, -0.05) is 5.16 Å². The third-order valence-electron chi connectivity index (χ3n) is 1.07. The van der Waals surface area contributed by atoms with Crippen LogP contribution in [-0.4, -0.2) is 22.1 Å². The summed E-state index contributed by atoms with van der Waals surface area (Å²) in [5.74, 6) is 0.599. The Hall–Kier alpha value is -1.37. The number of rotatable bonds is 4. The Labute approximate surface area is 78.5 Å². The minimum absolute atomic E-state index is 0.118. The average molecular weight is 207 g/mol. The van der Waals surface area contributed by atoms with Gasteiger partial charge in [-0.05, 0) is 4.86 Å². The Morgan fingerprint density at radius 2 is 2.54 bits per heavy atom. The number of halogens is 1. The van der Waals surface area contributed by atoms with E-state index in [1.807, 2.05) is 0 Å². The fourth-order valence-corrected chi connectivity index (χ4v) is 0.758. The molecule has 0 aromatic carbocycles. The molecule has 7 nitrogen and oxygen atoms in total. The van der Waals surface area contributed by atoms with E-state index >= 15 is 0 Å². The molecule has 0 radical (unpaired) electrons. The molecule has 0 amide bonds. The molecule has 1 aromatic rings. The summed E-state index contributed by atoms with van der Waals surface area (Å²) in [6, 6.07) is 0. The van der Waals surface area contributed by atoms with Crippen LogP contribution < -0.4 is 0 Å². The molecule has 72 valence electrons. The Morgan fingerprint density at radius 1 is 1.77 bits per heavy atom. The van der Waals surface area contributed by atoms with Gasteiger partial charge in [0.15, 0.2) is 5.28 Å². The lowest BCUT2D eigenvalue weighted by molar-refractivity contribution is -0.573. The van der Waals surface area contributed by atoms with E-state index in [0.29, 0.717) is 4.86 Å². The quantitative estimate of drug-likeness (QED) is 0.315. The standard InChI is InChI=1S/C5H7ClN4O3/c1-12-9-10(11)3-4-7-5(2-6)13-8-4/h2-3H2,1H3. The fraction of sp³-hybridized carbons (Fsp3) is 0.600. The first-order chi connectivity index (χ1) is 6.26. The largest absolute Gasteiger partial charge is 0.597 e. The first-order valence-electron chi connectivity index (χ1n) is 3.32. The molecular formula is C5H7ClN4O3. The smallest absolute Gasteiger partial charge is 0.246 e. The number of aromatic nitrogens is 2. The summed E-state index contributed by atoms with van der Waals surface area (Å²) >= 11 is 5.40. The zero-order valence-electron chi connectivity index (χ0n) is 6.81. The van der Waals surface area contributed by atoms with Crippen molar-refractivity contribution in [2.24, 2.45) is 5.28 Å². The summed E-state index contributed by atoms with van der Waals surface area (Å²) < 4.78 is 4.65. The van der Waals surface area contributed by atoms with Crippen molar-refractivity contribution in [2.75, 3.05) is 7.11 Å². The molecule has 1 heterocycles. The van der Waals surface area contributed by atoms with Gasteiger partial charge in [-0.15, -0.1) is 11.6 Å². The van der Waals surface area contributed by atoms with Crippen molar-refractivity contribution in [3.05, 3.63) is 16.9 Å². The number of hydrogen-bond donors (Lipinski definition) is 0. The fourth-order valence-electron chi connectivity index (χ4n) is 0.650. The van der Waals surface area contributed by atoms with Crippen LogP contribution in [0.3, 0.4) is 0 Å². The molecule has 1 aromatic heterocycles. The molecule has 13 heavy (non-hydrogen) atoms. The number of hydroxylamine groups is 1. The monoisotopic (exact) mass is 206 g/mol. The van der Waals surface area contributed by atoms with E-state index in [-0.39, 0.29) is 24.1 Å². The van der Waals surface area contributed by atoms with Crippen molar-refractivity contribution >= 4 is 11.6 Å². The van der Waals surface area contributed by atoms with Crippen LogP contribution >= 0.6 is 11.6 Å². The number of hydrogen-bond acceptors (Lipinski definition) is 6. The van der Waals surface area contributed by atoms with Gasteiger partial charge >= 0.3 is 0 Å². The summed E-state index contributed by atoms with van der Waals surface area (Å²) in [6.07, 6.45) is 0. The first kappa shape index (κ1) is 9.72. The zero-order valence-corrected chi connectivity index (χ0v) is 7.56. The van der Waals surface area contributed by atoms with Crippen molar-refractivity contribution in [1.82, 2.24) is 10.1 Å². The Balaban J connectivity index is 2.58. The minimum Gasteiger partial charge on any atom is -0.597 e. The molecule has 1 rings (SSSR count). The third-order valence-corrected chi connectivity index (χ3v) is 1.30. The average Bonchev–Trinajstić information content (AvgIpc) is 2.52. The van der Waals surface area contributed by atoms with E-state index in [0.717, 1.165) is 0 Å². The maximum Gasteiger partial charge on any atom is 0.246 e. The van der Waals surface area contributed by atoms with Crippen molar-refractivity contribution in [3.63, 3.8) is 0 Å². The van der Waals surface area contributed by atoms with Crippen LogP contribution in [-0.2, 0) is 17.3 Å². The SMILES string of the molecule is CON=[N+]([O-])Cc1noc(CCl)n1. The second-order valence-electron chi connectivity index (χ2n) is 2.01. The highest BCUT2D eigenvalue weighted by Crippen LogP contribution is 2.01. The lowest BCUT2D eigenvalue weighted by atomic mass is 10.6. The molecule has 0 aliphatic heterocycles. The van der Waals surface area contributed by atoms with E-state index in [9.17, 15) is 5.21 Å². The summed E-state index contributed by atoms with van der Waals surface area (Å²) in [7, 11) is 1.27. The van der Waals surface area contributed by atoms with Crippen molar-refractivity contribution in [2.45, 2.75) is 12.4 Å². The van der Waals surface area contributed by atoms with Crippen molar-refractivity contribution in [1.29, 1.82) is 0 Å². The molecule has 0 spiro atoms. The van der Waals surface area contributed by atoms with Crippen LogP contribution in [0.25, 0.3) is 0 Å². The molecule has 8 heteroatoms. The van der Waals surface area contributed by atoms with Crippen LogP contribution in [0.15, 0.2) is 9.80 Å². The highest BCUT2D eigenvalue weighted by Gasteiger charge is 2.09. The van der Waals surface area contributed by atoms with E-state index in [2.05, 4.69) is 24.8 Å². The van der Waals surface area contributed by atoms with Gasteiger partial charge in [-0.25, -0.2) is 0 Å². The predicted octanol–water partition coefficient (Wildman–Crippen LogP) is 0.832. The van der Waals surface area contributed by atoms with Gasteiger partial charge in [0, 0.05) is 0 Å². The van der Waals surface area contributed by atoms with Crippen LogP contribution in [0.5, 0.6) is 0 Å². The van der Waals surface area contributed by atoms with Gasteiger partial charge in [0.05, 0.1) is 0 Å². The second kappa shape index (κ2) is 4.61. The van der Waals surface area contributed by atoms with E-state index in [1.165, 1.54) is 7.11 Å². The molecular weight excluding hydrogens is 200 g/mol. The topological polar surface area (TPSA) is 86.6 Å². The molecule has 0 saturated carbocycles. The van der Waals surface area contributed by atoms with E-state index in [4.69, 9.17) is 11.6 Å². The number of alkyl halides is 1. The molecule has 0 fully saturated rings. The van der Waals surface area contributed by atoms with Crippen LogP contribution in [0.1, 0.15) is 11.7 Å². The van der Waals surface area contributed by atoms with Gasteiger partial charge < -0.3 is 14.6 Å². The van der Waals surface area contributed by atoms with Crippen molar-refractivity contribution < 1.29 is 14.2 Å². The maximum absolute atomic E-state index is 10.8. The molecule has 0 N–H and O–H groups in total. The van der Waals surface area contributed by atoms with E-state index < -0.39 is 0 Å². The molecule has 0 unspecified atom stereocenters. The lowest BCUT2D eigenvalue weighted by Crippen LogP contribution is -2.02. The second-order valence-corrected chi connectivity index (χ2v) is 2.28. The molecule has 0 saturated heterocycles. The predicted molar refractivity (Wildman–Crippen MR) is 40.6 cm³/mol. The highest BCUT2D eigenvalue weighted by atomic mass is 35.5. The van der Waals surface area contributed by atoms with Gasteiger partial charge in [0.1, 0.15) is 13.0 Å². The summed E-state index contributed by atoms with van der Waals surface area (Å²) in [5, 5.41) is 17.3. The van der Waals surface area contributed by atoms with Crippen LogP contribution in [0, 0.1) is 5.21 Å². The third kappa shape index (κ3) is 2.86. The van der Waals surface area contributed by atoms with Gasteiger partial charge in [-0.2, -0.15) is 4.98 Å². The summed E-state index contributed by atoms with van der Waals surface area (Å²) in [5.41, 5.74) is 0. The normalized spacial score (nSPS) is 11.7. The number of nitrogens with zero attached hydrogens (tertiary/aromatic N) is 4. The van der Waals surface area contributed by atoms with Crippen molar-refractivity contribution in [3.8, 4) is 0 Å². The lowest BCUT2D eigenvalue weighted by Gasteiger charge is -1.93. The molecule has 0 aliphatic rings. The molecule has 0 atom stereocenters. The molecule has 0 aliphatic carbocycles. The first-order valence-corrected chi connectivity index (χ1v) is 3.86. The summed E-state index contributed by atoms with van der Waals surface area (Å²) in [6.45, 7) is -0.131. The maximum atomic E-state index is 10.8. The van der Waals surface area contributed by atoms with Crippen LogP contribution in [0.2, 0.25) is 0 Å². The Kier molecular flexibility index (Phi) is 3.44. The minimum atomic E-state index is -0.131. The Morgan fingerprint density at radius 3 is 3.08 bits per heavy atom. The van der Waals surface area contributed by atoms with Gasteiger partial charge in [0.25, 0.3) is 0 Å². The Bertz CT molecular complexity index is 300. The summed E-state index contributed by atoms with van der Waals surface area (Å²) in [4.78, 5) is 8.31. The molecule has 0 bridgehead atoms. The van der Waals surface area contributed by atoms with Gasteiger partial charge in [0.2, 0.25) is 18.3 Å². The van der Waals surface area contributed by atoms with E-state index in [1.54, 1.807) is 0 Å². The highest BCUT2D eigenvalue weighted by molar-refractivity contribution is 6.16. The van der Waals surface area contributed by atoms with Gasteiger partial charge in [-0.3, -0.25) is 0 Å². The van der Waals surface area contributed by atoms with Crippen LogP contribution in [0.4, 0.5) is 0 Å². The zero-order chi connectivity index (χ0) is 9.68.